The summed E-state index contributed by atoms with van der Waals surface area (Å²) in [6, 6.07) is 9.88. The largest absolute Gasteiger partial charge is 0.479 e. The quantitative estimate of drug-likeness (QED) is 0.787. The fraction of sp³-hybridized carbons (Fsp3) is 0.462. The van der Waals surface area contributed by atoms with E-state index in [1.807, 2.05) is 30.3 Å². The molecule has 0 fully saturated rings. The molecule has 0 heterocycles. The Morgan fingerprint density at radius 2 is 2.29 bits per heavy atom. The number of hydrogen-bond donors (Lipinski definition) is 1. The van der Waals surface area contributed by atoms with Crippen LogP contribution in [0.3, 0.4) is 0 Å². The van der Waals surface area contributed by atoms with Gasteiger partial charge >= 0.3 is 0 Å². The van der Waals surface area contributed by atoms with Crippen molar-refractivity contribution >= 4 is 5.69 Å². The first-order valence-corrected chi connectivity index (χ1v) is 5.61. The van der Waals surface area contributed by atoms with Gasteiger partial charge in [-0.25, -0.2) is 0 Å². The van der Waals surface area contributed by atoms with Gasteiger partial charge in [0.05, 0.1) is 0 Å². The van der Waals surface area contributed by atoms with Crippen molar-refractivity contribution in [3.05, 3.63) is 24.3 Å². The van der Waals surface area contributed by atoms with E-state index in [9.17, 15) is 0 Å². The summed E-state index contributed by atoms with van der Waals surface area (Å²) in [5.41, 5.74) is 0.990. The third kappa shape index (κ3) is 5.23. The molecule has 1 aromatic rings. The second-order valence-electron chi connectivity index (χ2n) is 3.80. The van der Waals surface area contributed by atoms with E-state index in [2.05, 4.69) is 12.2 Å². The number of anilines is 1. The monoisotopic (exact) mass is 234 g/mol. The van der Waals surface area contributed by atoms with Gasteiger partial charge in [0.15, 0.2) is 6.61 Å². The molecule has 0 saturated heterocycles. The number of nitrogens with zero attached hydrogens (tertiary/aromatic N) is 1. The SMILES string of the molecule is COCCC(C)Nc1cccc(OCC#N)c1. The minimum Gasteiger partial charge on any atom is -0.479 e. The van der Waals surface area contributed by atoms with Crippen molar-refractivity contribution in [2.75, 3.05) is 25.6 Å². The summed E-state index contributed by atoms with van der Waals surface area (Å²) in [5.74, 6) is 0.704. The molecule has 4 heteroatoms. The molecule has 1 unspecified atom stereocenters. The fourth-order valence-corrected chi connectivity index (χ4v) is 1.44. The molecular formula is C13H18N2O2. The zero-order valence-electron chi connectivity index (χ0n) is 10.3. The van der Waals surface area contributed by atoms with E-state index < -0.39 is 0 Å². The van der Waals surface area contributed by atoms with Crippen molar-refractivity contribution in [1.82, 2.24) is 0 Å². The maximum absolute atomic E-state index is 8.43. The average Bonchev–Trinajstić information content (AvgIpc) is 2.34. The summed E-state index contributed by atoms with van der Waals surface area (Å²) >= 11 is 0. The molecule has 0 aromatic heterocycles. The van der Waals surface area contributed by atoms with Gasteiger partial charge in [0.2, 0.25) is 0 Å². The van der Waals surface area contributed by atoms with Gasteiger partial charge in [0.25, 0.3) is 0 Å². The van der Waals surface area contributed by atoms with Crippen molar-refractivity contribution in [3.63, 3.8) is 0 Å². The first-order valence-electron chi connectivity index (χ1n) is 5.61. The summed E-state index contributed by atoms with van der Waals surface area (Å²) in [5, 5.41) is 11.8. The van der Waals surface area contributed by atoms with Gasteiger partial charge in [-0.2, -0.15) is 5.26 Å². The summed E-state index contributed by atoms with van der Waals surface area (Å²) in [6.07, 6.45) is 0.944. The van der Waals surface area contributed by atoms with E-state index >= 15 is 0 Å². The van der Waals surface area contributed by atoms with E-state index in [0.29, 0.717) is 11.8 Å². The Morgan fingerprint density at radius 3 is 3.00 bits per heavy atom. The predicted molar refractivity (Wildman–Crippen MR) is 67.1 cm³/mol. The minimum absolute atomic E-state index is 0.0721. The van der Waals surface area contributed by atoms with Crippen LogP contribution in [0.1, 0.15) is 13.3 Å². The number of nitrogens with one attached hydrogen (secondary N) is 1. The van der Waals surface area contributed by atoms with E-state index in [1.54, 1.807) is 7.11 Å². The van der Waals surface area contributed by atoms with E-state index in [1.165, 1.54) is 0 Å². The number of benzene rings is 1. The second kappa shape index (κ2) is 7.53. The smallest absolute Gasteiger partial charge is 0.174 e. The van der Waals surface area contributed by atoms with Crippen LogP contribution in [0.5, 0.6) is 5.75 Å². The Hall–Kier alpha value is -1.73. The molecule has 0 spiro atoms. The highest BCUT2D eigenvalue weighted by atomic mass is 16.5. The lowest BCUT2D eigenvalue weighted by Crippen LogP contribution is -2.17. The lowest BCUT2D eigenvalue weighted by molar-refractivity contribution is 0.191. The molecule has 1 N–H and O–H groups in total. The molecule has 0 aliphatic carbocycles. The third-order valence-corrected chi connectivity index (χ3v) is 2.31. The lowest BCUT2D eigenvalue weighted by Gasteiger charge is -2.15. The summed E-state index contributed by atoms with van der Waals surface area (Å²) < 4.78 is 10.3. The first-order chi connectivity index (χ1) is 8.26. The molecule has 0 aliphatic rings. The lowest BCUT2D eigenvalue weighted by atomic mass is 10.2. The first kappa shape index (κ1) is 13.3. The highest BCUT2D eigenvalue weighted by molar-refractivity contribution is 5.48. The van der Waals surface area contributed by atoms with Gasteiger partial charge in [0.1, 0.15) is 11.8 Å². The maximum Gasteiger partial charge on any atom is 0.174 e. The Bertz CT molecular complexity index is 374. The van der Waals surface area contributed by atoms with Crippen LogP contribution in [0.2, 0.25) is 0 Å². The Kier molecular flexibility index (Phi) is 5.91. The number of rotatable bonds is 7. The Morgan fingerprint density at radius 1 is 1.47 bits per heavy atom. The summed E-state index contributed by atoms with van der Waals surface area (Å²) in [7, 11) is 1.70. The van der Waals surface area contributed by atoms with Crippen molar-refractivity contribution in [1.29, 1.82) is 5.26 Å². The molecule has 1 rings (SSSR count). The van der Waals surface area contributed by atoms with Crippen LogP contribution in [-0.2, 0) is 4.74 Å². The zero-order chi connectivity index (χ0) is 12.5. The zero-order valence-corrected chi connectivity index (χ0v) is 10.3. The highest BCUT2D eigenvalue weighted by Gasteiger charge is 2.02. The van der Waals surface area contributed by atoms with Crippen LogP contribution in [0.25, 0.3) is 0 Å². The summed E-state index contributed by atoms with van der Waals surface area (Å²) in [6.45, 7) is 2.91. The molecule has 0 aliphatic heterocycles. The van der Waals surface area contributed by atoms with Gasteiger partial charge in [0, 0.05) is 31.5 Å². The number of methoxy groups -OCH3 is 1. The van der Waals surface area contributed by atoms with Gasteiger partial charge in [-0.1, -0.05) is 6.07 Å². The van der Waals surface area contributed by atoms with Crippen LogP contribution in [-0.4, -0.2) is 26.4 Å². The number of nitriles is 1. The van der Waals surface area contributed by atoms with E-state index in [4.69, 9.17) is 14.7 Å². The number of hydrogen-bond acceptors (Lipinski definition) is 4. The normalized spacial score (nSPS) is 11.6. The third-order valence-electron chi connectivity index (χ3n) is 2.31. The molecule has 1 aromatic carbocycles. The second-order valence-corrected chi connectivity index (χ2v) is 3.80. The minimum atomic E-state index is 0.0721. The van der Waals surface area contributed by atoms with Gasteiger partial charge < -0.3 is 14.8 Å². The molecule has 0 bridgehead atoms. The van der Waals surface area contributed by atoms with Crippen LogP contribution in [0.15, 0.2) is 24.3 Å². The summed E-state index contributed by atoms with van der Waals surface area (Å²) in [4.78, 5) is 0. The molecule has 17 heavy (non-hydrogen) atoms. The van der Waals surface area contributed by atoms with E-state index in [-0.39, 0.29) is 6.61 Å². The fourth-order valence-electron chi connectivity index (χ4n) is 1.44. The molecule has 4 nitrogen and oxygen atoms in total. The predicted octanol–water partition coefficient (Wildman–Crippen LogP) is 2.43. The van der Waals surface area contributed by atoms with Crippen LogP contribution >= 0.6 is 0 Å². The molecule has 0 radical (unpaired) electrons. The van der Waals surface area contributed by atoms with Crippen molar-refractivity contribution < 1.29 is 9.47 Å². The highest BCUT2D eigenvalue weighted by Crippen LogP contribution is 2.18. The molecule has 1 atom stereocenters. The molecule has 0 amide bonds. The molecular weight excluding hydrogens is 216 g/mol. The van der Waals surface area contributed by atoms with Crippen LogP contribution < -0.4 is 10.1 Å². The Labute approximate surface area is 102 Å². The van der Waals surface area contributed by atoms with Crippen LogP contribution in [0, 0.1) is 11.3 Å². The average molecular weight is 234 g/mol. The van der Waals surface area contributed by atoms with Gasteiger partial charge in [-0.05, 0) is 25.5 Å². The standard InChI is InChI=1S/C13H18N2O2/c1-11(6-8-16-2)15-12-4-3-5-13(10-12)17-9-7-14/h3-5,10-11,15H,6,8-9H2,1-2H3. The van der Waals surface area contributed by atoms with E-state index in [0.717, 1.165) is 18.7 Å². The van der Waals surface area contributed by atoms with Gasteiger partial charge in [-0.15, -0.1) is 0 Å². The van der Waals surface area contributed by atoms with Crippen molar-refractivity contribution in [3.8, 4) is 11.8 Å². The number of ether oxygens (including phenoxy) is 2. The Balaban J connectivity index is 2.50. The van der Waals surface area contributed by atoms with Crippen molar-refractivity contribution in [2.45, 2.75) is 19.4 Å². The van der Waals surface area contributed by atoms with Gasteiger partial charge in [-0.3, -0.25) is 0 Å². The van der Waals surface area contributed by atoms with Crippen LogP contribution in [0.4, 0.5) is 5.69 Å². The molecule has 92 valence electrons. The molecule has 0 saturated carbocycles. The maximum atomic E-state index is 8.43. The topological polar surface area (TPSA) is 54.3 Å². The van der Waals surface area contributed by atoms with Crippen molar-refractivity contribution in [2.24, 2.45) is 0 Å².